The standard InChI is InChI=1S/C8H14N2O4/c11-5-2-10-3-6(12)9-1-4(10)7(13)8(5)14/h4-5,7-8,11,13-14H,1-3H2,(H,9,12)/t4-,5+,7-,8-/m1/s1. The number of aliphatic hydroxyl groups excluding tert-OH is 3. The van der Waals surface area contributed by atoms with Gasteiger partial charge < -0.3 is 20.6 Å². The van der Waals surface area contributed by atoms with E-state index in [-0.39, 0.29) is 25.0 Å². The van der Waals surface area contributed by atoms with Crippen LogP contribution in [-0.2, 0) is 4.79 Å². The lowest BCUT2D eigenvalue weighted by atomic mass is 9.92. The fraction of sp³-hybridized carbons (Fsp3) is 0.875. The van der Waals surface area contributed by atoms with Crippen LogP contribution < -0.4 is 5.32 Å². The number of hydrogen-bond donors (Lipinski definition) is 4. The van der Waals surface area contributed by atoms with Crippen molar-refractivity contribution >= 4 is 5.91 Å². The molecule has 2 heterocycles. The minimum Gasteiger partial charge on any atom is -0.389 e. The maximum Gasteiger partial charge on any atom is 0.234 e. The zero-order valence-corrected chi connectivity index (χ0v) is 7.63. The fourth-order valence-corrected chi connectivity index (χ4v) is 2.05. The van der Waals surface area contributed by atoms with Gasteiger partial charge in [-0.1, -0.05) is 0 Å². The highest BCUT2D eigenvalue weighted by Crippen LogP contribution is 2.19. The van der Waals surface area contributed by atoms with E-state index >= 15 is 0 Å². The average molecular weight is 202 g/mol. The van der Waals surface area contributed by atoms with Crippen molar-refractivity contribution in [3.8, 4) is 0 Å². The molecular weight excluding hydrogens is 188 g/mol. The van der Waals surface area contributed by atoms with Crippen molar-refractivity contribution in [1.29, 1.82) is 0 Å². The molecule has 0 bridgehead atoms. The Balaban J connectivity index is 2.11. The van der Waals surface area contributed by atoms with Crippen LogP contribution in [0.5, 0.6) is 0 Å². The number of piperazine rings is 1. The Bertz CT molecular complexity index is 247. The van der Waals surface area contributed by atoms with Gasteiger partial charge in [0.05, 0.1) is 24.8 Å². The van der Waals surface area contributed by atoms with Crippen molar-refractivity contribution in [2.45, 2.75) is 24.4 Å². The Hall–Kier alpha value is -0.690. The summed E-state index contributed by atoms with van der Waals surface area (Å²) in [6, 6.07) is -0.286. The van der Waals surface area contributed by atoms with Gasteiger partial charge in [0, 0.05) is 13.1 Å². The molecule has 0 aromatic heterocycles. The number of nitrogens with one attached hydrogen (secondary N) is 1. The Morgan fingerprint density at radius 1 is 1.29 bits per heavy atom. The molecule has 0 unspecified atom stereocenters. The quantitative estimate of drug-likeness (QED) is 0.333. The van der Waals surface area contributed by atoms with Gasteiger partial charge in [-0.25, -0.2) is 0 Å². The van der Waals surface area contributed by atoms with Crippen LogP contribution in [0.25, 0.3) is 0 Å². The molecule has 6 nitrogen and oxygen atoms in total. The molecule has 0 radical (unpaired) electrons. The second-order valence-corrected chi connectivity index (χ2v) is 3.85. The van der Waals surface area contributed by atoms with Gasteiger partial charge in [0.2, 0.25) is 5.91 Å². The van der Waals surface area contributed by atoms with Gasteiger partial charge in [-0.05, 0) is 0 Å². The van der Waals surface area contributed by atoms with Gasteiger partial charge >= 0.3 is 0 Å². The number of rotatable bonds is 0. The molecule has 80 valence electrons. The molecule has 6 heteroatoms. The summed E-state index contributed by atoms with van der Waals surface area (Å²) in [5.74, 6) is -0.114. The highest BCUT2D eigenvalue weighted by atomic mass is 16.4. The zero-order chi connectivity index (χ0) is 10.3. The highest BCUT2D eigenvalue weighted by molar-refractivity contribution is 5.79. The average Bonchev–Trinajstić information content (AvgIpc) is 2.14. The van der Waals surface area contributed by atoms with Crippen LogP contribution in [0.2, 0.25) is 0 Å². The first-order valence-corrected chi connectivity index (χ1v) is 4.64. The van der Waals surface area contributed by atoms with E-state index in [4.69, 9.17) is 0 Å². The van der Waals surface area contributed by atoms with Crippen molar-refractivity contribution in [1.82, 2.24) is 10.2 Å². The van der Waals surface area contributed by atoms with Crippen molar-refractivity contribution in [2.24, 2.45) is 0 Å². The molecular formula is C8H14N2O4. The number of carbonyl (C=O) groups is 1. The third kappa shape index (κ3) is 1.50. The Labute approximate surface area is 81.1 Å². The van der Waals surface area contributed by atoms with Crippen molar-refractivity contribution in [2.75, 3.05) is 19.6 Å². The second-order valence-electron chi connectivity index (χ2n) is 3.85. The van der Waals surface area contributed by atoms with Crippen LogP contribution in [-0.4, -0.2) is 70.1 Å². The van der Waals surface area contributed by atoms with Crippen LogP contribution in [0.3, 0.4) is 0 Å². The maximum absolute atomic E-state index is 11.0. The van der Waals surface area contributed by atoms with E-state index in [1.807, 2.05) is 0 Å². The first-order chi connectivity index (χ1) is 6.59. The van der Waals surface area contributed by atoms with E-state index in [1.54, 1.807) is 4.90 Å². The predicted molar refractivity (Wildman–Crippen MR) is 46.4 cm³/mol. The Morgan fingerprint density at radius 2 is 2.00 bits per heavy atom. The molecule has 2 aliphatic heterocycles. The smallest absolute Gasteiger partial charge is 0.234 e. The number of amides is 1. The van der Waals surface area contributed by atoms with Gasteiger partial charge in [-0.15, -0.1) is 0 Å². The topological polar surface area (TPSA) is 93.0 Å². The first kappa shape index (κ1) is 9.85. The van der Waals surface area contributed by atoms with Crippen molar-refractivity contribution in [3.05, 3.63) is 0 Å². The molecule has 14 heavy (non-hydrogen) atoms. The number of piperidine rings is 1. The number of carbonyl (C=O) groups excluding carboxylic acids is 1. The molecule has 2 saturated heterocycles. The van der Waals surface area contributed by atoms with Crippen molar-refractivity contribution < 1.29 is 20.1 Å². The third-order valence-corrected chi connectivity index (χ3v) is 2.88. The molecule has 0 saturated carbocycles. The molecule has 0 aromatic carbocycles. The first-order valence-electron chi connectivity index (χ1n) is 4.64. The predicted octanol–water partition coefficient (Wildman–Crippen LogP) is -3.12. The van der Waals surface area contributed by atoms with Crippen LogP contribution in [0.4, 0.5) is 0 Å². The maximum atomic E-state index is 11.0. The van der Waals surface area contributed by atoms with Gasteiger partial charge in [-0.3, -0.25) is 9.69 Å². The summed E-state index contributed by atoms with van der Waals surface area (Å²) in [6.07, 6.45) is -3.10. The minimum atomic E-state index is -1.12. The zero-order valence-electron chi connectivity index (χ0n) is 7.63. The van der Waals surface area contributed by atoms with Crippen LogP contribution in [0.1, 0.15) is 0 Å². The second kappa shape index (κ2) is 3.47. The highest BCUT2D eigenvalue weighted by Gasteiger charge is 2.43. The lowest BCUT2D eigenvalue weighted by Crippen LogP contribution is -2.68. The number of hydrogen-bond acceptors (Lipinski definition) is 5. The number of aliphatic hydroxyl groups is 3. The SMILES string of the molecule is O=C1CN2C[C@H](O)[C@@H](O)[C@H](O)[C@H]2CN1. The summed E-state index contributed by atoms with van der Waals surface area (Å²) in [7, 11) is 0. The largest absolute Gasteiger partial charge is 0.389 e. The minimum absolute atomic E-state index is 0.114. The summed E-state index contributed by atoms with van der Waals surface area (Å²) >= 11 is 0. The molecule has 4 atom stereocenters. The van der Waals surface area contributed by atoms with Gasteiger partial charge in [0.1, 0.15) is 6.10 Å². The Kier molecular flexibility index (Phi) is 2.44. The summed E-state index contributed by atoms with van der Waals surface area (Å²) in [4.78, 5) is 12.7. The molecule has 2 fully saturated rings. The molecule has 0 aromatic rings. The Morgan fingerprint density at radius 3 is 2.71 bits per heavy atom. The summed E-state index contributed by atoms with van der Waals surface area (Å²) < 4.78 is 0. The van der Waals surface area contributed by atoms with Crippen LogP contribution >= 0.6 is 0 Å². The molecule has 0 aliphatic carbocycles. The molecule has 2 rings (SSSR count). The summed E-state index contributed by atoms with van der Waals surface area (Å²) in [6.45, 7) is 0.728. The summed E-state index contributed by atoms with van der Waals surface area (Å²) in [5.41, 5.74) is 0. The monoisotopic (exact) mass is 202 g/mol. The lowest BCUT2D eigenvalue weighted by Gasteiger charge is -2.45. The van der Waals surface area contributed by atoms with Crippen molar-refractivity contribution in [3.63, 3.8) is 0 Å². The van der Waals surface area contributed by atoms with Crippen LogP contribution in [0.15, 0.2) is 0 Å². The molecule has 0 spiro atoms. The number of fused-ring (bicyclic) bond motifs is 1. The van der Waals surface area contributed by atoms with E-state index < -0.39 is 18.3 Å². The van der Waals surface area contributed by atoms with E-state index in [0.717, 1.165) is 0 Å². The van der Waals surface area contributed by atoms with E-state index in [1.165, 1.54) is 0 Å². The van der Waals surface area contributed by atoms with E-state index in [2.05, 4.69) is 5.32 Å². The normalized spacial score (nSPS) is 44.4. The fourth-order valence-electron chi connectivity index (χ4n) is 2.05. The number of nitrogens with zero attached hydrogens (tertiary/aromatic N) is 1. The van der Waals surface area contributed by atoms with Gasteiger partial charge in [-0.2, -0.15) is 0 Å². The van der Waals surface area contributed by atoms with Gasteiger partial charge in [0.15, 0.2) is 0 Å². The van der Waals surface area contributed by atoms with Gasteiger partial charge in [0.25, 0.3) is 0 Å². The molecule has 4 N–H and O–H groups in total. The third-order valence-electron chi connectivity index (χ3n) is 2.88. The lowest BCUT2D eigenvalue weighted by molar-refractivity contribution is -0.153. The molecule has 1 amide bonds. The molecule has 2 aliphatic rings. The van der Waals surface area contributed by atoms with Crippen LogP contribution in [0, 0.1) is 0 Å². The summed E-state index contributed by atoms with van der Waals surface area (Å²) in [5, 5.41) is 31.0. The van der Waals surface area contributed by atoms with E-state index in [0.29, 0.717) is 6.54 Å². The van der Waals surface area contributed by atoms with E-state index in [9.17, 15) is 20.1 Å².